The Balaban J connectivity index is 3.10. The lowest BCUT2D eigenvalue weighted by Crippen LogP contribution is -1.90. The number of carbonyl (C=O) groups is 1. The number of benzene rings is 1. The molecular formula is C13H11BrO3. The van der Waals surface area contributed by atoms with Crippen LogP contribution in [0.1, 0.15) is 11.1 Å². The van der Waals surface area contributed by atoms with Crippen molar-refractivity contribution in [3.63, 3.8) is 0 Å². The molecule has 1 N–H and O–H groups in total. The number of hydrogen-bond acceptors (Lipinski definition) is 2. The van der Waals surface area contributed by atoms with Gasteiger partial charge in [0.05, 0.1) is 12.4 Å². The Morgan fingerprint density at radius 2 is 2.35 bits per heavy atom. The maximum atomic E-state index is 10.5. The minimum atomic E-state index is -0.996. The number of aliphatic carboxylic acids is 1. The lowest BCUT2D eigenvalue weighted by molar-refractivity contribution is -0.131. The summed E-state index contributed by atoms with van der Waals surface area (Å²) in [4.78, 5) is 10.5. The summed E-state index contributed by atoms with van der Waals surface area (Å²) >= 11 is 3.21. The highest BCUT2D eigenvalue weighted by molar-refractivity contribution is 9.09. The van der Waals surface area contributed by atoms with Crippen LogP contribution in [-0.2, 0) is 4.79 Å². The fourth-order valence-electron chi connectivity index (χ4n) is 1.24. The monoisotopic (exact) mass is 294 g/mol. The molecule has 0 radical (unpaired) electrons. The number of hydrogen-bond donors (Lipinski definition) is 1. The largest absolute Gasteiger partial charge is 0.496 e. The molecule has 0 spiro atoms. The van der Waals surface area contributed by atoms with Gasteiger partial charge in [-0.3, -0.25) is 0 Å². The molecule has 0 aliphatic rings. The van der Waals surface area contributed by atoms with Crippen LogP contribution in [0.15, 0.2) is 24.3 Å². The fraction of sp³-hybridized carbons (Fsp3) is 0.154. The maximum absolute atomic E-state index is 10.5. The van der Waals surface area contributed by atoms with Gasteiger partial charge < -0.3 is 9.84 Å². The van der Waals surface area contributed by atoms with Gasteiger partial charge in [0.15, 0.2) is 0 Å². The van der Waals surface area contributed by atoms with E-state index in [2.05, 4.69) is 27.8 Å². The standard InChI is InChI=1S/C13H11BrO3/c1-17-12-6-4-10(3-2-8-14)9-11(12)5-7-13(15)16/h4-7,9H,8H2,1H3,(H,15,16)/b7-5+. The Morgan fingerprint density at radius 1 is 1.59 bits per heavy atom. The Hall–Kier alpha value is -1.73. The molecule has 3 nitrogen and oxygen atoms in total. The molecule has 0 saturated carbocycles. The molecule has 0 saturated heterocycles. The Kier molecular flexibility index (Phi) is 5.31. The van der Waals surface area contributed by atoms with Crippen molar-refractivity contribution in [2.75, 3.05) is 12.4 Å². The van der Waals surface area contributed by atoms with Gasteiger partial charge >= 0.3 is 5.97 Å². The molecule has 0 aliphatic carbocycles. The van der Waals surface area contributed by atoms with Crippen LogP contribution in [0.2, 0.25) is 0 Å². The molecule has 0 bridgehead atoms. The van der Waals surface area contributed by atoms with Crippen molar-refractivity contribution < 1.29 is 14.6 Å². The molecule has 0 unspecified atom stereocenters. The molecule has 0 atom stereocenters. The molecular weight excluding hydrogens is 284 g/mol. The fourth-order valence-corrected chi connectivity index (χ4v) is 1.38. The minimum absolute atomic E-state index is 0.597. The molecule has 0 heterocycles. The molecule has 4 heteroatoms. The highest BCUT2D eigenvalue weighted by atomic mass is 79.9. The molecule has 0 aliphatic heterocycles. The van der Waals surface area contributed by atoms with Gasteiger partial charge in [0.25, 0.3) is 0 Å². The molecule has 1 rings (SSSR count). The van der Waals surface area contributed by atoms with E-state index in [4.69, 9.17) is 9.84 Å². The lowest BCUT2D eigenvalue weighted by atomic mass is 10.1. The molecule has 1 aromatic rings. The first kappa shape index (κ1) is 13.3. The van der Waals surface area contributed by atoms with E-state index >= 15 is 0 Å². The Morgan fingerprint density at radius 3 is 2.94 bits per heavy atom. The first-order chi connectivity index (χ1) is 8.17. The smallest absolute Gasteiger partial charge is 0.328 e. The van der Waals surface area contributed by atoms with Crippen LogP contribution in [0.25, 0.3) is 6.08 Å². The van der Waals surface area contributed by atoms with Gasteiger partial charge in [-0.05, 0) is 24.3 Å². The van der Waals surface area contributed by atoms with Gasteiger partial charge in [-0.2, -0.15) is 0 Å². The third-order valence-corrected chi connectivity index (χ3v) is 2.22. The summed E-state index contributed by atoms with van der Waals surface area (Å²) in [7, 11) is 1.54. The molecule has 17 heavy (non-hydrogen) atoms. The average Bonchev–Trinajstić information content (AvgIpc) is 2.33. The summed E-state index contributed by atoms with van der Waals surface area (Å²) < 4.78 is 5.14. The topological polar surface area (TPSA) is 46.5 Å². The predicted molar refractivity (Wildman–Crippen MR) is 70.3 cm³/mol. The van der Waals surface area contributed by atoms with Crippen molar-refractivity contribution >= 4 is 28.0 Å². The van der Waals surface area contributed by atoms with Crippen LogP contribution in [0.5, 0.6) is 5.75 Å². The van der Waals surface area contributed by atoms with Crippen LogP contribution in [0.4, 0.5) is 0 Å². The Labute approximate surface area is 108 Å². The number of carboxylic acids is 1. The summed E-state index contributed by atoms with van der Waals surface area (Å²) in [6, 6.07) is 5.38. The van der Waals surface area contributed by atoms with Gasteiger partial charge in [0.1, 0.15) is 5.75 Å². The first-order valence-corrected chi connectivity index (χ1v) is 5.93. The second-order valence-electron chi connectivity index (χ2n) is 3.06. The van der Waals surface area contributed by atoms with E-state index < -0.39 is 5.97 Å². The number of carboxylic acid groups (broad SMARTS) is 1. The summed E-state index contributed by atoms with van der Waals surface area (Å²) in [5, 5.41) is 9.18. The number of halogens is 1. The van der Waals surface area contributed by atoms with Crippen LogP contribution in [0.3, 0.4) is 0 Å². The van der Waals surface area contributed by atoms with E-state index in [0.717, 1.165) is 11.6 Å². The minimum Gasteiger partial charge on any atom is -0.496 e. The van der Waals surface area contributed by atoms with Crippen LogP contribution in [-0.4, -0.2) is 23.5 Å². The van der Waals surface area contributed by atoms with Crippen molar-refractivity contribution in [3.05, 3.63) is 35.4 Å². The first-order valence-electron chi connectivity index (χ1n) is 4.81. The van der Waals surface area contributed by atoms with Crippen molar-refractivity contribution in [2.24, 2.45) is 0 Å². The quantitative estimate of drug-likeness (QED) is 0.529. The van der Waals surface area contributed by atoms with Crippen molar-refractivity contribution in [2.45, 2.75) is 0 Å². The summed E-state index contributed by atoms with van der Waals surface area (Å²) in [6.45, 7) is 0. The van der Waals surface area contributed by atoms with Crippen LogP contribution in [0, 0.1) is 11.8 Å². The second-order valence-corrected chi connectivity index (χ2v) is 3.62. The van der Waals surface area contributed by atoms with E-state index in [1.165, 1.54) is 13.2 Å². The lowest BCUT2D eigenvalue weighted by Gasteiger charge is -2.04. The van der Waals surface area contributed by atoms with E-state index in [1.54, 1.807) is 12.1 Å². The van der Waals surface area contributed by atoms with E-state index in [9.17, 15) is 4.79 Å². The van der Waals surface area contributed by atoms with Gasteiger partial charge in [-0.25, -0.2) is 4.79 Å². The van der Waals surface area contributed by atoms with Gasteiger partial charge in [0, 0.05) is 17.2 Å². The molecule has 88 valence electrons. The highest BCUT2D eigenvalue weighted by Gasteiger charge is 2.01. The van der Waals surface area contributed by atoms with Crippen molar-refractivity contribution in [1.29, 1.82) is 0 Å². The third kappa shape index (κ3) is 4.33. The van der Waals surface area contributed by atoms with Gasteiger partial charge in [0.2, 0.25) is 0 Å². The van der Waals surface area contributed by atoms with E-state index in [1.807, 2.05) is 6.07 Å². The van der Waals surface area contributed by atoms with Gasteiger partial charge in [-0.15, -0.1) is 0 Å². The number of rotatable bonds is 3. The predicted octanol–water partition coefficient (Wildman–Crippen LogP) is 2.54. The highest BCUT2D eigenvalue weighted by Crippen LogP contribution is 2.21. The number of methoxy groups -OCH3 is 1. The number of ether oxygens (including phenoxy) is 1. The third-order valence-electron chi connectivity index (χ3n) is 1.93. The van der Waals surface area contributed by atoms with Crippen LogP contribution >= 0.6 is 15.9 Å². The Bertz CT molecular complexity index is 495. The van der Waals surface area contributed by atoms with Crippen molar-refractivity contribution in [3.8, 4) is 17.6 Å². The number of alkyl halides is 1. The zero-order chi connectivity index (χ0) is 12.7. The van der Waals surface area contributed by atoms with E-state index in [0.29, 0.717) is 16.6 Å². The summed E-state index contributed by atoms with van der Waals surface area (Å²) in [6.07, 6.45) is 2.56. The zero-order valence-corrected chi connectivity index (χ0v) is 10.8. The molecule has 1 aromatic carbocycles. The second kappa shape index (κ2) is 6.77. The van der Waals surface area contributed by atoms with Crippen LogP contribution < -0.4 is 4.74 Å². The normalized spacial score (nSPS) is 9.76. The maximum Gasteiger partial charge on any atom is 0.328 e. The van der Waals surface area contributed by atoms with Crippen molar-refractivity contribution in [1.82, 2.24) is 0 Å². The SMILES string of the molecule is COc1ccc(C#CCBr)cc1/C=C/C(=O)O. The zero-order valence-electron chi connectivity index (χ0n) is 9.24. The molecule has 0 aromatic heterocycles. The average molecular weight is 295 g/mol. The van der Waals surface area contributed by atoms with Gasteiger partial charge in [-0.1, -0.05) is 27.8 Å². The summed E-state index contributed by atoms with van der Waals surface area (Å²) in [5.74, 6) is 5.44. The molecule has 0 amide bonds. The molecule has 0 fully saturated rings. The van der Waals surface area contributed by atoms with E-state index in [-0.39, 0.29) is 0 Å². The summed E-state index contributed by atoms with van der Waals surface area (Å²) in [5.41, 5.74) is 1.51.